The van der Waals surface area contributed by atoms with Crippen LogP contribution in [0.2, 0.25) is 0 Å². The van der Waals surface area contributed by atoms with Crippen molar-refractivity contribution in [1.29, 1.82) is 0 Å². The molecule has 0 aliphatic carbocycles. The first-order valence-corrected chi connectivity index (χ1v) is 10.1. The van der Waals surface area contributed by atoms with E-state index in [4.69, 9.17) is 4.74 Å². The normalized spacial score (nSPS) is 16.7. The van der Waals surface area contributed by atoms with Crippen LogP contribution in [0, 0.1) is 5.82 Å². The van der Waals surface area contributed by atoms with Gasteiger partial charge in [0.1, 0.15) is 5.82 Å². The topological polar surface area (TPSA) is 75.7 Å². The first-order valence-electron chi connectivity index (χ1n) is 8.63. The van der Waals surface area contributed by atoms with E-state index in [-0.39, 0.29) is 29.6 Å². The summed E-state index contributed by atoms with van der Waals surface area (Å²) in [6, 6.07) is 12.2. The second kappa shape index (κ2) is 8.16. The quantitative estimate of drug-likeness (QED) is 0.848. The molecule has 1 fully saturated rings. The Kier molecular flexibility index (Phi) is 5.88. The molecular weight excluding hydrogens is 371 g/mol. The predicted molar refractivity (Wildman–Crippen MR) is 98.3 cm³/mol. The zero-order chi connectivity index (χ0) is 19.4. The van der Waals surface area contributed by atoms with Gasteiger partial charge in [0.2, 0.25) is 10.0 Å². The summed E-state index contributed by atoms with van der Waals surface area (Å²) in [4.78, 5) is 12.4. The molecule has 0 radical (unpaired) electrons. The molecule has 3 rings (SSSR count). The smallest absolute Gasteiger partial charge is 0.254 e. The second-order valence-electron chi connectivity index (χ2n) is 6.26. The molecule has 1 atom stereocenters. The van der Waals surface area contributed by atoms with Crippen LogP contribution in [0.4, 0.5) is 4.39 Å². The number of ether oxygens (including phenoxy) is 1. The van der Waals surface area contributed by atoms with Gasteiger partial charge < -0.3 is 10.1 Å². The number of carbonyl (C=O) groups excluding carboxylic acids is 1. The third-order valence-electron chi connectivity index (χ3n) is 4.44. The molecule has 0 aromatic heterocycles. The second-order valence-corrected chi connectivity index (χ2v) is 8.20. The summed E-state index contributed by atoms with van der Waals surface area (Å²) in [6.07, 6.45) is 0. The third-order valence-corrected chi connectivity index (χ3v) is 6.33. The van der Waals surface area contributed by atoms with Crippen LogP contribution >= 0.6 is 0 Å². The maximum Gasteiger partial charge on any atom is 0.254 e. The lowest BCUT2D eigenvalue weighted by Gasteiger charge is -2.26. The third kappa shape index (κ3) is 4.35. The van der Waals surface area contributed by atoms with Crippen LogP contribution < -0.4 is 5.32 Å². The van der Waals surface area contributed by atoms with Crippen molar-refractivity contribution in [3.8, 4) is 0 Å². The monoisotopic (exact) mass is 392 g/mol. The van der Waals surface area contributed by atoms with Crippen molar-refractivity contribution in [2.75, 3.05) is 26.3 Å². The van der Waals surface area contributed by atoms with Crippen molar-refractivity contribution in [2.45, 2.75) is 17.9 Å². The van der Waals surface area contributed by atoms with Crippen molar-refractivity contribution in [1.82, 2.24) is 9.62 Å². The van der Waals surface area contributed by atoms with E-state index in [0.717, 1.165) is 17.7 Å². The number of morpholine rings is 1. The van der Waals surface area contributed by atoms with Gasteiger partial charge in [0, 0.05) is 13.1 Å². The Bertz CT molecular complexity index is 913. The van der Waals surface area contributed by atoms with Crippen molar-refractivity contribution < 1.29 is 22.3 Å². The molecule has 1 aliphatic heterocycles. The first kappa shape index (κ1) is 19.5. The van der Waals surface area contributed by atoms with Crippen molar-refractivity contribution >= 4 is 15.9 Å². The van der Waals surface area contributed by atoms with E-state index < -0.39 is 21.7 Å². The highest BCUT2D eigenvalue weighted by molar-refractivity contribution is 7.89. The highest BCUT2D eigenvalue weighted by Gasteiger charge is 2.28. The van der Waals surface area contributed by atoms with Gasteiger partial charge in [0.25, 0.3) is 5.91 Å². The van der Waals surface area contributed by atoms with Crippen molar-refractivity contribution in [3.63, 3.8) is 0 Å². The number of hydrogen-bond donors (Lipinski definition) is 1. The van der Waals surface area contributed by atoms with Crippen LogP contribution in [0.3, 0.4) is 0 Å². The maximum absolute atomic E-state index is 14.2. The van der Waals surface area contributed by atoms with Crippen LogP contribution in [0.15, 0.2) is 53.4 Å². The van der Waals surface area contributed by atoms with Gasteiger partial charge in [-0.15, -0.1) is 0 Å². The minimum Gasteiger partial charge on any atom is -0.379 e. The number of halogens is 1. The number of amides is 1. The maximum atomic E-state index is 14.2. The zero-order valence-corrected chi connectivity index (χ0v) is 15.7. The predicted octanol–water partition coefficient (Wildman–Crippen LogP) is 2.34. The fourth-order valence-corrected chi connectivity index (χ4v) is 4.31. The molecule has 6 nitrogen and oxygen atoms in total. The van der Waals surface area contributed by atoms with E-state index in [0.29, 0.717) is 13.2 Å². The molecule has 8 heteroatoms. The number of rotatable bonds is 5. The van der Waals surface area contributed by atoms with E-state index in [1.807, 2.05) is 30.3 Å². The van der Waals surface area contributed by atoms with E-state index in [1.54, 1.807) is 6.92 Å². The molecule has 2 aromatic rings. The molecule has 1 aliphatic rings. The lowest BCUT2D eigenvalue weighted by atomic mass is 10.1. The van der Waals surface area contributed by atoms with Gasteiger partial charge in [-0.05, 0) is 30.7 Å². The summed E-state index contributed by atoms with van der Waals surface area (Å²) in [5.74, 6) is -1.43. The van der Waals surface area contributed by atoms with E-state index in [9.17, 15) is 17.6 Å². The molecule has 1 heterocycles. The highest BCUT2D eigenvalue weighted by atomic mass is 32.2. The molecule has 1 saturated heterocycles. The van der Waals surface area contributed by atoms with Gasteiger partial charge in [0.15, 0.2) is 0 Å². The Morgan fingerprint density at radius 2 is 1.81 bits per heavy atom. The van der Waals surface area contributed by atoms with E-state index in [2.05, 4.69) is 5.32 Å². The van der Waals surface area contributed by atoms with Crippen LogP contribution in [-0.2, 0) is 14.8 Å². The fourth-order valence-electron chi connectivity index (χ4n) is 2.87. The summed E-state index contributed by atoms with van der Waals surface area (Å²) in [7, 11) is -3.81. The summed E-state index contributed by atoms with van der Waals surface area (Å²) < 4.78 is 46.1. The molecule has 1 amide bonds. The Morgan fingerprint density at radius 1 is 1.15 bits per heavy atom. The average Bonchev–Trinajstić information content (AvgIpc) is 2.69. The molecule has 27 heavy (non-hydrogen) atoms. The number of sulfonamides is 1. The SMILES string of the molecule is CC(NC(=O)c1cc(S(=O)(=O)N2CCOCC2)ccc1F)c1ccccc1. The Morgan fingerprint density at radius 3 is 2.48 bits per heavy atom. The van der Waals surface area contributed by atoms with Gasteiger partial charge in [-0.25, -0.2) is 12.8 Å². The molecule has 2 aromatic carbocycles. The van der Waals surface area contributed by atoms with Crippen LogP contribution in [0.1, 0.15) is 28.9 Å². The van der Waals surface area contributed by atoms with Gasteiger partial charge in [-0.1, -0.05) is 30.3 Å². The van der Waals surface area contributed by atoms with Crippen LogP contribution in [0.5, 0.6) is 0 Å². The van der Waals surface area contributed by atoms with Crippen LogP contribution in [-0.4, -0.2) is 44.9 Å². The molecule has 0 saturated carbocycles. The van der Waals surface area contributed by atoms with E-state index in [1.165, 1.54) is 10.4 Å². The summed E-state index contributed by atoms with van der Waals surface area (Å²) in [5.41, 5.74) is 0.565. The summed E-state index contributed by atoms with van der Waals surface area (Å²) in [5, 5.41) is 2.70. The highest BCUT2D eigenvalue weighted by Crippen LogP contribution is 2.21. The first-order chi connectivity index (χ1) is 12.9. The lowest BCUT2D eigenvalue weighted by Crippen LogP contribution is -2.40. The standard InChI is InChI=1S/C19H21FN2O4S/c1-14(15-5-3-2-4-6-15)21-19(23)17-13-16(7-8-18(17)20)27(24,25)22-9-11-26-12-10-22/h2-8,13-14H,9-12H2,1H3,(H,21,23). The lowest BCUT2D eigenvalue weighted by molar-refractivity contribution is 0.0730. The molecule has 1 unspecified atom stereocenters. The number of benzene rings is 2. The van der Waals surface area contributed by atoms with Gasteiger partial charge >= 0.3 is 0 Å². The number of nitrogens with zero attached hydrogens (tertiary/aromatic N) is 1. The van der Waals surface area contributed by atoms with Crippen LogP contribution in [0.25, 0.3) is 0 Å². The molecule has 1 N–H and O–H groups in total. The average molecular weight is 392 g/mol. The Balaban J connectivity index is 1.83. The minimum atomic E-state index is -3.81. The summed E-state index contributed by atoms with van der Waals surface area (Å²) in [6.45, 7) is 2.85. The molecule has 144 valence electrons. The Labute approximate surface area is 158 Å². The van der Waals surface area contributed by atoms with Crippen molar-refractivity contribution in [3.05, 3.63) is 65.5 Å². The van der Waals surface area contributed by atoms with Gasteiger partial charge in [-0.3, -0.25) is 4.79 Å². The van der Waals surface area contributed by atoms with Gasteiger partial charge in [0.05, 0.1) is 29.7 Å². The molecule has 0 bridgehead atoms. The number of hydrogen-bond acceptors (Lipinski definition) is 4. The number of nitrogens with one attached hydrogen (secondary N) is 1. The Hall–Kier alpha value is -2.29. The molecule has 0 spiro atoms. The zero-order valence-electron chi connectivity index (χ0n) is 14.9. The number of carbonyl (C=O) groups is 1. The minimum absolute atomic E-state index is 0.108. The van der Waals surface area contributed by atoms with Gasteiger partial charge in [-0.2, -0.15) is 4.31 Å². The largest absolute Gasteiger partial charge is 0.379 e. The van der Waals surface area contributed by atoms with E-state index >= 15 is 0 Å². The summed E-state index contributed by atoms with van der Waals surface area (Å²) >= 11 is 0. The fraction of sp³-hybridized carbons (Fsp3) is 0.316. The molecular formula is C19H21FN2O4S. The van der Waals surface area contributed by atoms with Crippen molar-refractivity contribution in [2.24, 2.45) is 0 Å².